The smallest absolute Gasteiger partial charge is 0.0104 e. The van der Waals surface area contributed by atoms with Crippen molar-refractivity contribution in [2.24, 2.45) is 10.8 Å². The lowest BCUT2D eigenvalue weighted by atomic mass is 9.72. The van der Waals surface area contributed by atoms with Crippen molar-refractivity contribution in [2.45, 2.75) is 88.5 Å². The summed E-state index contributed by atoms with van der Waals surface area (Å²) in [5.41, 5.74) is 6.22. The van der Waals surface area contributed by atoms with E-state index in [0.717, 1.165) is 0 Å². The van der Waals surface area contributed by atoms with Crippen LogP contribution < -0.4 is 0 Å². The predicted octanol–water partition coefficient (Wildman–Crippen LogP) is 8.59. The van der Waals surface area contributed by atoms with Crippen molar-refractivity contribution in [2.75, 3.05) is 0 Å². The molecule has 0 aromatic carbocycles. The number of hydrogen-bond acceptors (Lipinski definition) is 0. The molecule has 0 aliphatic heterocycles. The first-order valence-corrected chi connectivity index (χ1v) is 9.98. The largest absolute Gasteiger partial charge is 0.0847 e. The molecule has 0 spiro atoms. The van der Waals surface area contributed by atoms with Gasteiger partial charge in [-0.15, -0.1) is 0 Å². The molecule has 0 unspecified atom stereocenters. The summed E-state index contributed by atoms with van der Waals surface area (Å²) in [6.45, 7) is 22.1. The Balaban J connectivity index is 0.00000277. The minimum atomic E-state index is 0.151. The van der Waals surface area contributed by atoms with E-state index >= 15 is 0 Å². The zero-order valence-electron chi connectivity index (χ0n) is 18.6. The highest BCUT2D eigenvalue weighted by Crippen LogP contribution is 2.41. The van der Waals surface area contributed by atoms with E-state index in [-0.39, 0.29) is 5.41 Å². The fourth-order valence-electron chi connectivity index (χ4n) is 3.14. The summed E-state index contributed by atoms with van der Waals surface area (Å²) in [6.07, 6.45) is 17.3. The molecule has 0 heterocycles. The van der Waals surface area contributed by atoms with Crippen LogP contribution in [0.3, 0.4) is 0 Å². The van der Waals surface area contributed by atoms with Gasteiger partial charge < -0.3 is 0 Å². The second-order valence-electron chi connectivity index (χ2n) is 8.53. The van der Waals surface area contributed by atoms with Crippen LogP contribution in [0.1, 0.15) is 88.5 Å². The molecule has 0 saturated carbocycles. The first-order valence-electron chi connectivity index (χ1n) is 9.98. The summed E-state index contributed by atoms with van der Waals surface area (Å²) < 4.78 is 0. The summed E-state index contributed by atoms with van der Waals surface area (Å²) in [7, 11) is 0. The molecule has 0 nitrogen and oxygen atoms in total. The van der Waals surface area contributed by atoms with Crippen LogP contribution in [0.15, 0.2) is 58.7 Å². The van der Waals surface area contributed by atoms with Gasteiger partial charge in [0.25, 0.3) is 0 Å². The van der Waals surface area contributed by atoms with Gasteiger partial charge in [0.15, 0.2) is 0 Å². The Morgan fingerprint density at radius 2 is 1.68 bits per heavy atom. The maximum Gasteiger partial charge on any atom is -0.0104 e. The molecular formula is C25H42. The molecule has 0 heteroatoms. The van der Waals surface area contributed by atoms with Gasteiger partial charge in [0.1, 0.15) is 0 Å². The van der Waals surface area contributed by atoms with Crippen LogP contribution in [0.5, 0.6) is 0 Å². The third-order valence-corrected chi connectivity index (χ3v) is 4.93. The standard InChI is InChI=1S/C23H36.C2H6/c1-9-18(2)12-10-14-20(22(4,5)6)15-16-21-19(3)13-11-17-23(21,7)8;1-2/h9-10,12,14-16H,11,13,17H2,1-8H3;1-2H3/b12-10+,16-15+,18-9+,20-14+;. The average molecular weight is 343 g/mol. The quantitative estimate of drug-likeness (QED) is 0.449. The third-order valence-electron chi connectivity index (χ3n) is 4.93. The van der Waals surface area contributed by atoms with Crippen LogP contribution in [-0.4, -0.2) is 0 Å². The second-order valence-corrected chi connectivity index (χ2v) is 8.53. The van der Waals surface area contributed by atoms with Gasteiger partial charge in [-0.1, -0.05) is 96.1 Å². The minimum Gasteiger partial charge on any atom is -0.0847 e. The van der Waals surface area contributed by atoms with Gasteiger partial charge in [0, 0.05) is 0 Å². The molecule has 1 aliphatic rings. The summed E-state index contributed by atoms with van der Waals surface area (Å²) in [4.78, 5) is 0. The molecule has 0 bridgehead atoms. The van der Waals surface area contributed by atoms with E-state index in [9.17, 15) is 0 Å². The van der Waals surface area contributed by atoms with Gasteiger partial charge in [0.2, 0.25) is 0 Å². The van der Waals surface area contributed by atoms with Crippen molar-refractivity contribution >= 4 is 0 Å². The fraction of sp³-hybridized carbons (Fsp3) is 0.600. The molecule has 0 radical (unpaired) electrons. The summed E-state index contributed by atoms with van der Waals surface area (Å²) in [5, 5.41) is 0. The van der Waals surface area contributed by atoms with E-state index in [1.54, 1.807) is 5.57 Å². The number of allylic oxidation sites excluding steroid dienone is 10. The van der Waals surface area contributed by atoms with Crippen molar-refractivity contribution < 1.29 is 0 Å². The summed E-state index contributed by atoms with van der Waals surface area (Å²) in [5.74, 6) is 0. The third kappa shape index (κ3) is 8.08. The molecule has 0 aromatic rings. The normalized spacial score (nSPS) is 19.4. The van der Waals surface area contributed by atoms with E-state index in [1.165, 1.54) is 36.0 Å². The molecule has 0 N–H and O–H groups in total. The first-order chi connectivity index (χ1) is 11.6. The average Bonchev–Trinajstić information content (AvgIpc) is 2.52. The van der Waals surface area contributed by atoms with E-state index in [4.69, 9.17) is 0 Å². The Labute approximate surface area is 158 Å². The molecule has 1 aliphatic carbocycles. The molecule has 0 fully saturated rings. The Hall–Kier alpha value is -1.30. The Morgan fingerprint density at radius 3 is 2.16 bits per heavy atom. The molecular weight excluding hydrogens is 300 g/mol. The highest BCUT2D eigenvalue weighted by atomic mass is 14.3. The van der Waals surface area contributed by atoms with Crippen molar-refractivity contribution in [3.8, 4) is 0 Å². The van der Waals surface area contributed by atoms with E-state index in [0.29, 0.717) is 5.41 Å². The molecule has 1 rings (SSSR count). The van der Waals surface area contributed by atoms with Crippen LogP contribution in [-0.2, 0) is 0 Å². The van der Waals surface area contributed by atoms with Gasteiger partial charge in [-0.2, -0.15) is 0 Å². The van der Waals surface area contributed by atoms with Crippen LogP contribution in [0, 0.1) is 10.8 Å². The fourth-order valence-corrected chi connectivity index (χ4v) is 3.14. The zero-order chi connectivity index (χ0) is 19.7. The zero-order valence-corrected chi connectivity index (χ0v) is 18.6. The first kappa shape index (κ1) is 23.7. The molecule has 0 aromatic heterocycles. The summed E-state index contributed by atoms with van der Waals surface area (Å²) >= 11 is 0. The lowest BCUT2D eigenvalue weighted by Gasteiger charge is -2.33. The van der Waals surface area contributed by atoms with E-state index < -0.39 is 0 Å². The minimum absolute atomic E-state index is 0.151. The van der Waals surface area contributed by atoms with Gasteiger partial charge in [-0.3, -0.25) is 0 Å². The number of hydrogen-bond donors (Lipinski definition) is 0. The van der Waals surface area contributed by atoms with E-state index in [2.05, 4.69) is 91.8 Å². The molecule has 25 heavy (non-hydrogen) atoms. The van der Waals surface area contributed by atoms with Gasteiger partial charge >= 0.3 is 0 Å². The van der Waals surface area contributed by atoms with E-state index in [1.807, 2.05) is 13.8 Å². The predicted molar refractivity (Wildman–Crippen MR) is 117 cm³/mol. The SMILES string of the molecule is C/C=C(C)/C=C/C=C(\C=C\C1=C(C)CCCC1(C)C)C(C)(C)C.CC. The molecule has 0 atom stereocenters. The maximum atomic E-state index is 2.38. The van der Waals surface area contributed by atoms with Crippen LogP contribution in [0.2, 0.25) is 0 Å². The topological polar surface area (TPSA) is 0 Å². The number of rotatable bonds is 4. The van der Waals surface area contributed by atoms with Crippen LogP contribution >= 0.6 is 0 Å². The van der Waals surface area contributed by atoms with Gasteiger partial charge in [0.05, 0.1) is 0 Å². The Bertz CT molecular complexity index is 551. The second kappa shape index (κ2) is 10.6. The molecule has 142 valence electrons. The molecule has 0 amide bonds. The monoisotopic (exact) mass is 342 g/mol. The van der Waals surface area contributed by atoms with Gasteiger partial charge in [-0.25, -0.2) is 0 Å². The molecule has 0 saturated heterocycles. The van der Waals surface area contributed by atoms with Gasteiger partial charge in [-0.05, 0) is 62.0 Å². The van der Waals surface area contributed by atoms with Crippen molar-refractivity contribution in [1.29, 1.82) is 0 Å². The van der Waals surface area contributed by atoms with Crippen molar-refractivity contribution in [3.63, 3.8) is 0 Å². The Morgan fingerprint density at radius 1 is 1.08 bits per heavy atom. The highest BCUT2D eigenvalue weighted by Gasteiger charge is 2.26. The van der Waals surface area contributed by atoms with Crippen molar-refractivity contribution in [1.82, 2.24) is 0 Å². The summed E-state index contributed by atoms with van der Waals surface area (Å²) in [6, 6.07) is 0. The Kier molecular flexibility index (Phi) is 10.1. The van der Waals surface area contributed by atoms with Crippen molar-refractivity contribution in [3.05, 3.63) is 58.7 Å². The lowest BCUT2D eigenvalue weighted by molar-refractivity contribution is 0.376. The van der Waals surface area contributed by atoms with Crippen LogP contribution in [0.25, 0.3) is 0 Å². The lowest BCUT2D eigenvalue weighted by Crippen LogP contribution is -2.19. The highest BCUT2D eigenvalue weighted by molar-refractivity contribution is 5.39. The van der Waals surface area contributed by atoms with Crippen LogP contribution in [0.4, 0.5) is 0 Å². The maximum absolute atomic E-state index is 2.38.